The molecule has 1 N–H and O–H groups in total. The molecule has 0 aliphatic rings. The maximum atomic E-state index is 13.7. The molecule has 1 unspecified atom stereocenters. The number of likely N-dealkylation sites (N-methyl/N-ethyl adjacent to an activating group) is 1. The quantitative estimate of drug-likeness (QED) is 0.868. The number of sulfonamides is 1. The van der Waals surface area contributed by atoms with E-state index in [1.165, 1.54) is 0 Å². The van der Waals surface area contributed by atoms with Gasteiger partial charge in [-0.3, -0.25) is 0 Å². The van der Waals surface area contributed by atoms with Crippen molar-refractivity contribution in [3.63, 3.8) is 0 Å². The number of hydrogen-bond acceptors (Lipinski definition) is 3. The summed E-state index contributed by atoms with van der Waals surface area (Å²) in [7, 11) is -0.409. The van der Waals surface area contributed by atoms with Crippen molar-refractivity contribution >= 4 is 10.0 Å². The summed E-state index contributed by atoms with van der Waals surface area (Å²) in [6.07, 6.45) is 0. The van der Waals surface area contributed by atoms with Crippen molar-refractivity contribution in [1.82, 2.24) is 9.62 Å². The second-order valence-corrected chi connectivity index (χ2v) is 7.55. The predicted molar refractivity (Wildman–Crippen MR) is 89.2 cm³/mol. The van der Waals surface area contributed by atoms with E-state index in [-0.39, 0.29) is 12.6 Å². The molecule has 2 rings (SSSR count). The zero-order chi connectivity index (χ0) is 17.9. The molecule has 0 fully saturated rings. The van der Waals surface area contributed by atoms with Gasteiger partial charge in [-0.05, 0) is 38.7 Å². The highest BCUT2D eigenvalue weighted by molar-refractivity contribution is 7.89. The van der Waals surface area contributed by atoms with Crippen LogP contribution in [0.15, 0.2) is 47.4 Å². The molecule has 7 heteroatoms. The lowest BCUT2D eigenvalue weighted by Crippen LogP contribution is -2.34. The topological polar surface area (TPSA) is 49.4 Å². The number of nitrogens with zero attached hydrogens (tertiary/aromatic N) is 1. The van der Waals surface area contributed by atoms with Crippen LogP contribution in [0.3, 0.4) is 0 Å². The Morgan fingerprint density at radius 2 is 1.71 bits per heavy atom. The van der Waals surface area contributed by atoms with Crippen molar-refractivity contribution in [2.24, 2.45) is 0 Å². The van der Waals surface area contributed by atoms with Crippen LogP contribution in [0.25, 0.3) is 0 Å². The molecular formula is C17H20F2N2O2S. The fourth-order valence-electron chi connectivity index (χ4n) is 2.35. The van der Waals surface area contributed by atoms with Gasteiger partial charge in [0.2, 0.25) is 10.0 Å². The van der Waals surface area contributed by atoms with Gasteiger partial charge in [0.1, 0.15) is 16.5 Å². The van der Waals surface area contributed by atoms with Gasteiger partial charge in [0.15, 0.2) is 0 Å². The molecule has 2 aromatic carbocycles. The van der Waals surface area contributed by atoms with Crippen LogP contribution in [0.2, 0.25) is 0 Å². The first-order valence-electron chi connectivity index (χ1n) is 7.38. The third kappa shape index (κ3) is 4.37. The van der Waals surface area contributed by atoms with Gasteiger partial charge in [-0.1, -0.05) is 29.8 Å². The zero-order valence-electron chi connectivity index (χ0n) is 13.8. The van der Waals surface area contributed by atoms with Crippen LogP contribution < -0.4 is 4.72 Å². The Bertz CT molecular complexity index is 806. The molecule has 24 heavy (non-hydrogen) atoms. The average Bonchev–Trinajstić information content (AvgIpc) is 2.48. The zero-order valence-corrected chi connectivity index (χ0v) is 14.6. The normalized spacial score (nSPS) is 13.2. The monoisotopic (exact) mass is 354 g/mol. The largest absolute Gasteiger partial charge is 0.301 e. The first-order chi connectivity index (χ1) is 11.2. The fourth-order valence-corrected chi connectivity index (χ4v) is 3.44. The summed E-state index contributed by atoms with van der Waals surface area (Å²) < 4.78 is 53.6. The summed E-state index contributed by atoms with van der Waals surface area (Å²) in [4.78, 5) is 1.30. The molecular weight excluding hydrogens is 334 g/mol. The molecule has 0 radical (unpaired) electrons. The summed E-state index contributed by atoms with van der Waals surface area (Å²) >= 11 is 0. The highest BCUT2D eigenvalue weighted by Gasteiger charge is 2.22. The molecule has 130 valence electrons. The summed E-state index contributed by atoms with van der Waals surface area (Å²) in [5.41, 5.74) is 2.04. The fraction of sp³-hybridized carbons (Fsp3) is 0.294. The van der Waals surface area contributed by atoms with Gasteiger partial charge < -0.3 is 4.90 Å². The molecule has 0 aliphatic heterocycles. The maximum Gasteiger partial charge on any atom is 0.243 e. The van der Waals surface area contributed by atoms with Crippen molar-refractivity contribution in [3.05, 3.63) is 65.2 Å². The van der Waals surface area contributed by atoms with E-state index in [9.17, 15) is 17.2 Å². The highest BCUT2D eigenvalue weighted by atomic mass is 32.2. The minimum absolute atomic E-state index is 0.0647. The Morgan fingerprint density at radius 1 is 1.08 bits per heavy atom. The Morgan fingerprint density at radius 3 is 2.25 bits per heavy atom. The lowest BCUT2D eigenvalue weighted by molar-refractivity contribution is 0.299. The molecule has 0 bridgehead atoms. The summed E-state index contributed by atoms with van der Waals surface area (Å²) in [5, 5.41) is 0. The third-order valence-corrected chi connectivity index (χ3v) is 5.19. The molecule has 0 saturated carbocycles. The second-order valence-electron chi connectivity index (χ2n) is 5.82. The molecule has 0 aromatic heterocycles. The van der Waals surface area contributed by atoms with E-state index < -0.39 is 26.6 Å². The van der Waals surface area contributed by atoms with Crippen molar-refractivity contribution in [2.75, 3.05) is 20.6 Å². The number of aryl methyl sites for hydroxylation is 1. The van der Waals surface area contributed by atoms with Crippen LogP contribution >= 0.6 is 0 Å². The molecule has 0 amide bonds. The van der Waals surface area contributed by atoms with Gasteiger partial charge in [-0.15, -0.1) is 0 Å². The van der Waals surface area contributed by atoms with E-state index in [1.807, 2.05) is 50.2 Å². The molecule has 0 spiro atoms. The SMILES string of the molecule is Cc1ccc(C(CNS(=O)(=O)c2ccc(F)cc2F)N(C)C)cc1. The number of halogens is 2. The number of benzene rings is 2. The predicted octanol–water partition coefficient (Wildman–Crippen LogP) is 2.85. The Kier molecular flexibility index (Phi) is 5.69. The highest BCUT2D eigenvalue weighted by Crippen LogP contribution is 2.20. The lowest BCUT2D eigenvalue weighted by Gasteiger charge is -2.25. The van der Waals surface area contributed by atoms with Crippen molar-refractivity contribution in [3.8, 4) is 0 Å². The Balaban J connectivity index is 2.20. The summed E-state index contributed by atoms with van der Waals surface area (Å²) in [5.74, 6) is -1.93. The van der Waals surface area contributed by atoms with Crippen LogP contribution in [-0.2, 0) is 10.0 Å². The van der Waals surface area contributed by atoms with Crippen LogP contribution in [0.4, 0.5) is 8.78 Å². The van der Waals surface area contributed by atoms with Crippen LogP contribution in [0.1, 0.15) is 17.2 Å². The molecule has 0 aliphatic carbocycles. The number of rotatable bonds is 6. The number of hydrogen-bond donors (Lipinski definition) is 1. The van der Waals surface area contributed by atoms with Crippen LogP contribution in [-0.4, -0.2) is 34.0 Å². The summed E-state index contributed by atoms with van der Waals surface area (Å²) in [6, 6.07) is 9.91. The van der Waals surface area contributed by atoms with Crippen molar-refractivity contribution in [2.45, 2.75) is 17.9 Å². The van der Waals surface area contributed by atoms with Crippen molar-refractivity contribution < 1.29 is 17.2 Å². The van der Waals surface area contributed by atoms with E-state index >= 15 is 0 Å². The second kappa shape index (κ2) is 7.38. The van der Waals surface area contributed by atoms with Gasteiger partial charge in [0, 0.05) is 18.7 Å². The van der Waals surface area contributed by atoms with Gasteiger partial charge in [0.25, 0.3) is 0 Å². The van der Waals surface area contributed by atoms with E-state index in [4.69, 9.17) is 0 Å². The first kappa shape index (κ1) is 18.5. The van der Waals surface area contributed by atoms with Gasteiger partial charge in [0.05, 0.1) is 0 Å². The number of nitrogens with one attached hydrogen (secondary N) is 1. The van der Waals surface area contributed by atoms with E-state index in [0.29, 0.717) is 6.07 Å². The molecule has 0 saturated heterocycles. The summed E-state index contributed by atoms with van der Waals surface area (Å²) in [6.45, 7) is 2.03. The minimum Gasteiger partial charge on any atom is -0.301 e. The van der Waals surface area contributed by atoms with Gasteiger partial charge >= 0.3 is 0 Å². The molecule has 1 atom stereocenters. The average molecular weight is 354 g/mol. The standard InChI is InChI=1S/C17H20F2N2O2S/c1-12-4-6-13(7-5-12)16(21(2)3)11-20-24(22,23)17-9-8-14(18)10-15(17)19/h4-10,16,20H,11H2,1-3H3. The Hall–Kier alpha value is -1.83. The first-order valence-corrected chi connectivity index (χ1v) is 8.87. The minimum atomic E-state index is -4.07. The maximum absolute atomic E-state index is 13.7. The van der Waals surface area contributed by atoms with E-state index in [0.717, 1.165) is 23.3 Å². The van der Waals surface area contributed by atoms with E-state index in [1.54, 1.807) is 0 Å². The van der Waals surface area contributed by atoms with Crippen LogP contribution in [0.5, 0.6) is 0 Å². The Labute approximate surface area is 141 Å². The molecule has 0 heterocycles. The third-order valence-electron chi connectivity index (χ3n) is 3.74. The van der Waals surface area contributed by atoms with Crippen LogP contribution in [0, 0.1) is 18.6 Å². The van der Waals surface area contributed by atoms with Gasteiger partial charge in [-0.2, -0.15) is 0 Å². The molecule has 2 aromatic rings. The molecule has 4 nitrogen and oxygen atoms in total. The smallest absolute Gasteiger partial charge is 0.243 e. The lowest BCUT2D eigenvalue weighted by atomic mass is 10.0. The van der Waals surface area contributed by atoms with Gasteiger partial charge in [-0.25, -0.2) is 21.9 Å². The van der Waals surface area contributed by atoms with Crippen molar-refractivity contribution in [1.29, 1.82) is 0 Å². The van der Waals surface area contributed by atoms with E-state index in [2.05, 4.69) is 4.72 Å².